The Morgan fingerprint density at radius 2 is 1.50 bits per heavy atom. The first kappa shape index (κ1) is 15.0. The van der Waals surface area contributed by atoms with Crippen LogP contribution < -0.4 is 0 Å². The molecule has 0 saturated carbocycles. The number of fused-ring (bicyclic) bond motifs is 4. The predicted molar refractivity (Wildman–Crippen MR) is 101 cm³/mol. The second-order valence-electron chi connectivity index (χ2n) is 5.35. The maximum Gasteiger partial charge on any atom is 0.203 e. The van der Waals surface area contributed by atoms with Gasteiger partial charge in [-0.2, -0.15) is 11.3 Å². The number of carbonyl (C=O) groups excluding carboxylic acids is 2. The molecule has 2 aliphatic carbocycles. The zero-order valence-electron chi connectivity index (χ0n) is 12.6. The Bertz CT molecular complexity index is 1030. The molecule has 0 amide bonds. The Hall–Kier alpha value is -2.56. The van der Waals surface area contributed by atoms with Crippen LogP contribution >= 0.6 is 22.7 Å². The lowest BCUT2D eigenvalue weighted by molar-refractivity contribution is 0.101. The van der Waals surface area contributed by atoms with Crippen LogP contribution in [0.15, 0.2) is 82.7 Å². The molecule has 0 N–H and O–H groups in total. The van der Waals surface area contributed by atoms with Crippen LogP contribution in [0.4, 0.5) is 0 Å². The van der Waals surface area contributed by atoms with Crippen LogP contribution in [0.5, 0.6) is 0 Å². The minimum absolute atomic E-state index is 0.0887. The maximum absolute atomic E-state index is 13.0. The normalized spacial score (nSPS) is 23.3. The zero-order chi connectivity index (χ0) is 16.5. The minimum atomic E-state index is -0.0902. The molecule has 0 aliphatic heterocycles. The van der Waals surface area contributed by atoms with Gasteiger partial charge in [-0.3, -0.25) is 9.59 Å². The van der Waals surface area contributed by atoms with Gasteiger partial charge in [0.15, 0.2) is 5.78 Å². The first-order chi connectivity index (χ1) is 11.8. The number of ketones is 2. The van der Waals surface area contributed by atoms with Crippen molar-refractivity contribution >= 4 is 44.3 Å². The summed E-state index contributed by atoms with van der Waals surface area (Å²) in [6.07, 6.45) is 18.3. The third-order valence-electron chi connectivity index (χ3n) is 3.82. The Labute approximate surface area is 147 Å². The molecular weight excluding hydrogens is 336 g/mol. The fourth-order valence-electron chi connectivity index (χ4n) is 2.68. The lowest BCUT2D eigenvalue weighted by Crippen LogP contribution is -2.03. The molecule has 2 aliphatic rings. The van der Waals surface area contributed by atoms with Crippen LogP contribution in [0.1, 0.15) is 20.0 Å². The Morgan fingerprint density at radius 3 is 2.33 bits per heavy atom. The van der Waals surface area contributed by atoms with Gasteiger partial charge in [-0.05, 0) is 6.08 Å². The number of Topliss-reactive ketones (excluding diaryl/α,β-unsaturated/α-hetero) is 2. The molecule has 4 rings (SSSR count). The molecule has 2 aromatic heterocycles. The number of rotatable bonds is 0. The van der Waals surface area contributed by atoms with Crippen LogP contribution in [0, 0.1) is 0 Å². The molecule has 116 valence electrons. The highest BCUT2D eigenvalue weighted by Gasteiger charge is 2.29. The molecule has 0 saturated heterocycles. The second-order valence-corrected chi connectivity index (χ2v) is 7.15. The van der Waals surface area contributed by atoms with E-state index in [0.717, 1.165) is 10.1 Å². The van der Waals surface area contributed by atoms with E-state index in [1.54, 1.807) is 29.6 Å². The van der Waals surface area contributed by atoms with Gasteiger partial charge in [0.25, 0.3) is 0 Å². The standard InChI is InChI=1S/C20H12O2S2/c21-18-13-8-6-4-2-1-3-5-7-9-14(10-13)19(22)20-17(18)15-11-23-12-16(15)24-20/h1-12H/b2-1-,3-1?,4-2?,5-3-,6-4-,7-5?,8-6?,9-7?,13-8+,14-9?. The van der Waals surface area contributed by atoms with Crippen molar-refractivity contribution in [1.29, 1.82) is 0 Å². The third kappa shape index (κ3) is 2.50. The van der Waals surface area contributed by atoms with Crippen molar-refractivity contribution in [2.75, 3.05) is 0 Å². The van der Waals surface area contributed by atoms with Gasteiger partial charge in [-0.25, -0.2) is 0 Å². The molecule has 24 heavy (non-hydrogen) atoms. The monoisotopic (exact) mass is 348 g/mol. The quantitative estimate of drug-likeness (QED) is 0.636. The van der Waals surface area contributed by atoms with Gasteiger partial charge in [-0.15, -0.1) is 11.3 Å². The highest BCUT2D eigenvalue weighted by molar-refractivity contribution is 7.24. The van der Waals surface area contributed by atoms with E-state index in [0.29, 0.717) is 21.6 Å². The van der Waals surface area contributed by atoms with Crippen molar-refractivity contribution in [3.05, 3.63) is 93.1 Å². The molecule has 0 radical (unpaired) electrons. The molecule has 2 aromatic rings. The summed E-state index contributed by atoms with van der Waals surface area (Å²) in [4.78, 5) is 26.5. The van der Waals surface area contributed by atoms with Gasteiger partial charge in [0, 0.05) is 32.0 Å². The van der Waals surface area contributed by atoms with Crippen molar-refractivity contribution in [3.63, 3.8) is 0 Å². The highest BCUT2D eigenvalue weighted by Crippen LogP contribution is 2.38. The van der Waals surface area contributed by atoms with E-state index >= 15 is 0 Å². The lowest BCUT2D eigenvalue weighted by atomic mass is 10.0. The topological polar surface area (TPSA) is 34.1 Å². The molecule has 0 fully saturated rings. The average molecular weight is 348 g/mol. The molecular formula is C20H12O2S2. The predicted octanol–water partition coefficient (Wildman–Crippen LogP) is 5.43. The highest BCUT2D eigenvalue weighted by atomic mass is 32.1. The van der Waals surface area contributed by atoms with E-state index in [9.17, 15) is 9.59 Å². The Kier molecular flexibility index (Phi) is 3.84. The van der Waals surface area contributed by atoms with Crippen LogP contribution in [0.3, 0.4) is 0 Å². The SMILES string of the molecule is O=C1C2=C\C(=C/C=C\C=C/C=C\C=C2)C(=O)c2c1sc1cscc21. The molecule has 0 aromatic carbocycles. The van der Waals surface area contributed by atoms with Gasteiger partial charge in [0.05, 0.1) is 10.4 Å². The summed E-state index contributed by atoms with van der Waals surface area (Å²) in [6.45, 7) is 0. The fourth-order valence-corrected chi connectivity index (χ4v) is 4.82. The zero-order valence-corrected chi connectivity index (χ0v) is 14.2. The van der Waals surface area contributed by atoms with Crippen LogP contribution in [0.25, 0.3) is 10.1 Å². The summed E-state index contributed by atoms with van der Waals surface area (Å²) in [5.74, 6) is -0.179. The molecule has 0 unspecified atom stereocenters. The second kappa shape index (κ2) is 6.15. The molecule has 4 heteroatoms. The fraction of sp³-hybridized carbons (Fsp3) is 0. The van der Waals surface area contributed by atoms with Crippen LogP contribution in [-0.2, 0) is 0 Å². The van der Waals surface area contributed by atoms with E-state index in [1.807, 2.05) is 53.3 Å². The maximum atomic E-state index is 13.0. The number of carbonyl (C=O) groups is 2. The summed E-state index contributed by atoms with van der Waals surface area (Å²) < 4.78 is 0.996. The van der Waals surface area contributed by atoms with Gasteiger partial charge in [0.2, 0.25) is 5.78 Å². The Balaban J connectivity index is 1.99. The van der Waals surface area contributed by atoms with E-state index in [-0.39, 0.29) is 11.6 Å². The lowest BCUT2D eigenvalue weighted by Gasteiger charge is -1.98. The summed E-state index contributed by atoms with van der Waals surface area (Å²) >= 11 is 2.95. The van der Waals surface area contributed by atoms with Crippen molar-refractivity contribution in [3.8, 4) is 0 Å². The number of allylic oxidation sites excluding steroid dienone is 12. The van der Waals surface area contributed by atoms with E-state index < -0.39 is 0 Å². The molecule has 0 atom stereocenters. The van der Waals surface area contributed by atoms with E-state index in [1.165, 1.54) is 11.3 Å². The van der Waals surface area contributed by atoms with Gasteiger partial charge in [0.1, 0.15) is 0 Å². The first-order valence-corrected chi connectivity index (χ1v) is 9.20. The minimum Gasteiger partial charge on any atom is -0.289 e. The first-order valence-electron chi connectivity index (χ1n) is 7.44. The van der Waals surface area contributed by atoms with Gasteiger partial charge < -0.3 is 0 Å². The molecule has 2 heterocycles. The summed E-state index contributed by atoms with van der Waals surface area (Å²) in [7, 11) is 0. The van der Waals surface area contributed by atoms with Crippen molar-refractivity contribution in [1.82, 2.24) is 0 Å². The van der Waals surface area contributed by atoms with Gasteiger partial charge >= 0.3 is 0 Å². The van der Waals surface area contributed by atoms with Crippen LogP contribution in [-0.4, -0.2) is 11.6 Å². The smallest absolute Gasteiger partial charge is 0.203 e. The Morgan fingerprint density at radius 1 is 0.750 bits per heavy atom. The molecule has 0 spiro atoms. The summed E-state index contributed by atoms with van der Waals surface area (Å²) in [6, 6.07) is 0. The summed E-state index contributed by atoms with van der Waals surface area (Å²) in [5, 5.41) is 4.82. The van der Waals surface area contributed by atoms with Crippen molar-refractivity contribution in [2.24, 2.45) is 0 Å². The average Bonchev–Trinajstić information content (AvgIpc) is 3.12. The number of thiophene rings is 2. The van der Waals surface area contributed by atoms with E-state index in [2.05, 4.69) is 0 Å². The van der Waals surface area contributed by atoms with Gasteiger partial charge in [-0.1, -0.05) is 54.7 Å². The van der Waals surface area contributed by atoms with Crippen molar-refractivity contribution < 1.29 is 9.59 Å². The largest absolute Gasteiger partial charge is 0.289 e. The molecule has 2 nitrogen and oxygen atoms in total. The third-order valence-corrected chi connectivity index (χ3v) is 5.87. The number of hydrogen-bond donors (Lipinski definition) is 0. The molecule has 2 bridgehead atoms. The number of hydrogen-bond acceptors (Lipinski definition) is 4. The van der Waals surface area contributed by atoms with Crippen LogP contribution in [0.2, 0.25) is 0 Å². The van der Waals surface area contributed by atoms with Crippen molar-refractivity contribution in [2.45, 2.75) is 0 Å². The van der Waals surface area contributed by atoms with E-state index in [4.69, 9.17) is 0 Å². The summed E-state index contributed by atoms with van der Waals surface area (Å²) in [5.41, 5.74) is 1.60.